The molecule has 0 aromatic carbocycles. The third kappa shape index (κ3) is 2.10. The van der Waals surface area contributed by atoms with Crippen molar-refractivity contribution in [2.24, 2.45) is 5.73 Å². The number of carboxylic acids is 1. The van der Waals surface area contributed by atoms with Crippen LogP contribution in [0.1, 0.15) is 53.1 Å². The van der Waals surface area contributed by atoms with Gasteiger partial charge >= 0.3 is 5.97 Å². The summed E-state index contributed by atoms with van der Waals surface area (Å²) >= 11 is 1.17. The maximum absolute atomic E-state index is 10.9. The molecule has 1 heterocycles. The predicted octanol–water partition coefficient (Wildman–Crippen LogP) is 1.98. The number of aromatic nitrogens is 1. The highest BCUT2D eigenvalue weighted by atomic mass is 32.1. The van der Waals surface area contributed by atoms with Crippen LogP contribution in [0, 0.1) is 0 Å². The molecule has 1 rings (SSSR count). The van der Waals surface area contributed by atoms with Gasteiger partial charge in [-0.1, -0.05) is 13.8 Å². The lowest BCUT2D eigenvalue weighted by molar-refractivity contribution is 0.0700. The second kappa shape index (κ2) is 4.06. The molecule has 0 amide bonds. The molecular weight excluding hydrogens is 200 g/mol. The minimum Gasteiger partial charge on any atom is -0.477 e. The molecule has 0 radical (unpaired) electrons. The van der Waals surface area contributed by atoms with Gasteiger partial charge in [0, 0.05) is 0 Å². The van der Waals surface area contributed by atoms with Crippen LogP contribution in [0.4, 0.5) is 0 Å². The van der Waals surface area contributed by atoms with E-state index in [4.69, 9.17) is 10.8 Å². The molecule has 0 aliphatic rings. The molecule has 14 heavy (non-hydrogen) atoms. The summed E-state index contributed by atoms with van der Waals surface area (Å²) in [7, 11) is 0. The van der Waals surface area contributed by atoms with Gasteiger partial charge in [0.05, 0.1) is 11.7 Å². The van der Waals surface area contributed by atoms with E-state index in [1.54, 1.807) is 6.92 Å². The summed E-state index contributed by atoms with van der Waals surface area (Å²) in [5, 5.41) is 9.63. The molecule has 1 unspecified atom stereocenters. The highest BCUT2D eigenvalue weighted by Gasteiger charge is 2.20. The van der Waals surface area contributed by atoms with Crippen molar-refractivity contribution in [2.45, 2.75) is 32.7 Å². The molecule has 3 N–H and O–H groups in total. The van der Waals surface area contributed by atoms with Gasteiger partial charge in [-0.2, -0.15) is 0 Å². The Morgan fingerprint density at radius 3 is 2.36 bits per heavy atom. The molecule has 1 aromatic rings. The zero-order chi connectivity index (χ0) is 10.9. The Kier molecular flexibility index (Phi) is 3.23. The van der Waals surface area contributed by atoms with Crippen molar-refractivity contribution in [3.05, 3.63) is 15.6 Å². The van der Waals surface area contributed by atoms with Gasteiger partial charge < -0.3 is 10.8 Å². The summed E-state index contributed by atoms with van der Waals surface area (Å²) in [4.78, 5) is 15.4. The van der Waals surface area contributed by atoms with Crippen LogP contribution in [0.5, 0.6) is 0 Å². The Labute approximate surface area is 86.8 Å². The second-order valence-corrected chi connectivity index (χ2v) is 4.55. The normalized spacial score (nSPS) is 13.2. The number of carbonyl (C=O) groups is 1. The third-order valence-corrected chi connectivity index (χ3v) is 3.06. The van der Waals surface area contributed by atoms with Crippen LogP contribution in [0.25, 0.3) is 0 Å². The molecule has 0 bridgehead atoms. The molecule has 78 valence electrons. The van der Waals surface area contributed by atoms with Gasteiger partial charge in [-0.05, 0) is 12.8 Å². The molecule has 1 atom stereocenters. The molecular formula is C9H14N2O2S. The molecule has 0 spiro atoms. The number of carboxylic acid groups (broad SMARTS) is 1. The quantitative estimate of drug-likeness (QED) is 0.806. The van der Waals surface area contributed by atoms with Gasteiger partial charge in [0.25, 0.3) is 0 Å². The minimum atomic E-state index is -0.918. The van der Waals surface area contributed by atoms with E-state index in [1.165, 1.54) is 11.3 Å². The number of hydrogen-bond donors (Lipinski definition) is 2. The first kappa shape index (κ1) is 11.1. The SMILES string of the molecule is CC(C)c1nc(C(C)N)sc1C(=O)O. The summed E-state index contributed by atoms with van der Waals surface area (Å²) < 4.78 is 0. The molecule has 0 aliphatic heterocycles. The van der Waals surface area contributed by atoms with E-state index < -0.39 is 5.97 Å². The lowest BCUT2D eigenvalue weighted by atomic mass is 10.1. The maximum Gasteiger partial charge on any atom is 0.347 e. The lowest BCUT2D eigenvalue weighted by Crippen LogP contribution is -2.04. The molecule has 1 aromatic heterocycles. The van der Waals surface area contributed by atoms with E-state index in [9.17, 15) is 4.79 Å². The smallest absolute Gasteiger partial charge is 0.347 e. The van der Waals surface area contributed by atoms with Crippen LogP contribution >= 0.6 is 11.3 Å². The van der Waals surface area contributed by atoms with Gasteiger partial charge in [0.15, 0.2) is 0 Å². The molecule has 5 heteroatoms. The lowest BCUT2D eigenvalue weighted by Gasteiger charge is -2.00. The van der Waals surface area contributed by atoms with E-state index in [1.807, 2.05) is 13.8 Å². The van der Waals surface area contributed by atoms with Crippen molar-refractivity contribution in [3.63, 3.8) is 0 Å². The van der Waals surface area contributed by atoms with Crippen LogP contribution < -0.4 is 5.73 Å². The fraction of sp³-hybridized carbons (Fsp3) is 0.556. The maximum atomic E-state index is 10.9. The van der Waals surface area contributed by atoms with Gasteiger partial charge in [-0.15, -0.1) is 11.3 Å². The van der Waals surface area contributed by atoms with Crippen LogP contribution in [-0.2, 0) is 0 Å². The largest absolute Gasteiger partial charge is 0.477 e. The van der Waals surface area contributed by atoms with Gasteiger partial charge in [0.1, 0.15) is 9.88 Å². The van der Waals surface area contributed by atoms with E-state index in [0.717, 1.165) is 0 Å². The highest BCUT2D eigenvalue weighted by molar-refractivity contribution is 7.13. The summed E-state index contributed by atoms with van der Waals surface area (Å²) in [6.07, 6.45) is 0. The summed E-state index contributed by atoms with van der Waals surface area (Å²) in [6.45, 7) is 5.65. The first-order valence-corrected chi connectivity index (χ1v) is 5.24. The number of thiazole rings is 1. The molecule has 0 fully saturated rings. The van der Waals surface area contributed by atoms with Crippen molar-refractivity contribution in [1.29, 1.82) is 0 Å². The van der Waals surface area contributed by atoms with E-state index >= 15 is 0 Å². The van der Waals surface area contributed by atoms with Crippen molar-refractivity contribution < 1.29 is 9.90 Å². The van der Waals surface area contributed by atoms with Crippen LogP contribution in [0.2, 0.25) is 0 Å². The molecule has 0 aliphatic carbocycles. The van der Waals surface area contributed by atoms with Crippen molar-refractivity contribution in [3.8, 4) is 0 Å². The molecule has 0 saturated heterocycles. The van der Waals surface area contributed by atoms with Gasteiger partial charge in [0.2, 0.25) is 0 Å². The van der Waals surface area contributed by atoms with Crippen molar-refractivity contribution >= 4 is 17.3 Å². The monoisotopic (exact) mass is 214 g/mol. The minimum absolute atomic E-state index is 0.116. The number of aromatic carboxylic acids is 1. The van der Waals surface area contributed by atoms with Crippen LogP contribution in [-0.4, -0.2) is 16.1 Å². The average Bonchev–Trinajstić information content (AvgIpc) is 2.47. The fourth-order valence-corrected chi connectivity index (χ4v) is 2.10. The Bertz CT molecular complexity index is 345. The zero-order valence-corrected chi connectivity index (χ0v) is 9.26. The molecule has 4 nitrogen and oxygen atoms in total. The first-order valence-electron chi connectivity index (χ1n) is 4.43. The summed E-state index contributed by atoms with van der Waals surface area (Å²) in [5.41, 5.74) is 6.29. The number of hydrogen-bond acceptors (Lipinski definition) is 4. The third-order valence-electron chi connectivity index (χ3n) is 1.80. The highest BCUT2D eigenvalue weighted by Crippen LogP contribution is 2.27. The predicted molar refractivity (Wildman–Crippen MR) is 55.8 cm³/mol. The molecule has 0 saturated carbocycles. The number of nitrogens with two attached hydrogens (primary N) is 1. The van der Waals surface area contributed by atoms with Crippen molar-refractivity contribution in [1.82, 2.24) is 4.98 Å². The summed E-state index contributed by atoms with van der Waals surface area (Å²) in [5.74, 6) is -0.803. The van der Waals surface area contributed by atoms with E-state index in [0.29, 0.717) is 15.6 Å². The van der Waals surface area contributed by atoms with Crippen LogP contribution in [0.3, 0.4) is 0 Å². The Balaban J connectivity index is 3.19. The van der Waals surface area contributed by atoms with E-state index in [-0.39, 0.29) is 12.0 Å². The van der Waals surface area contributed by atoms with Crippen LogP contribution in [0.15, 0.2) is 0 Å². The zero-order valence-electron chi connectivity index (χ0n) is 8.44. The second-order valence-electron chi connectivity index (χ2n) is 3.51. The first-order chi connectivity index (χ1) is 6.43. The van der Waals surface area contributed by atoms with E-state index in [2.05, 4.69) is 4.98 Å². The number of rotatable bonds is 3. The Morgan fingerprint density at radius 1 is 1.50 bits per heavy atom. The standard InChI is InChI=1S/C9H14N2O2S/c1-4(2)6-7(9(12)13)14-8(11-6)5(3)10/h4-5H,10H2,1-3H3,(H,12,13). The Hall–Kier alpha value is -0.940. The topological polar surface area (TPSA) is 76.2 Å². The summed E-state index contributed by atoms with van der Waals surface area (Å²) in [6, 6.07) is -0.203. The van der Waals surface area contributed by atoms with Crippen molar-refractivity contribution in [2.75, 3.05) is 0 Å². The average molecular weight is 214 g/mol. The number of nitrogens with zero attached hydrogens (tertiary/aromatic N) is 1. The van der Waals surface area contributed by atoms with Gasteiger partial charge in [-0.3, -0.25) is 0 Å². The van der Waals surface area contributed by atoms with Gasteiger partial charge in [-0.25, -0.2) is 9.78 Å². The fourth-order valence-electron chi connectivity index (χ4n) is 1.09. The Morgan fingerprint density at radius 2 is 2.07 bits per heavy atom.